The monoisotopic (exact) mass is 572 g/mol. The standard InChI is InChI=1S/C26H26ClFN6O6/c1-29-26(38)40-16-7-5-15(6-8-16)24(36)30-20(14-22(35)34-9-11-39-12-10-34)25(37)31-21-13-19(32-33-21)17-3-2-4-18(27)23(17)28/h2-8,13,20H,9-12,14H2,1H3,(H,29,38)(H,30,36)(H2,31,32,33,37)/t20-/m0/s1. The van der Waals surface area contributed by atoms with Crippen molar-refractivity contribution >= 4 is 41.2 Å². The van der Waals surface area contributed by atoms with Crippen molar-refractivity contribution in [1.82, 2.24) is 25.7 Å². The van der Waals surface area contributed by atoms with Gasteiger partial charge in [-0.3, -0.25) is 19.5 Å². The number of hydrogen-bond acceptors (Lipinski definition) is 7. The Morgan fingerprint density at radius 2 is 1.88 bits per heavy atom. The molecule has 210 valence electrons. The Labute approximate surface area is 233 Å². The number of rotatable bonds is 8. The number of nitrogens with zero attached hydrogens (tertiary/aromatic N) is 2. The van der Waals surface area contributed by atoms with Gasteiger partial charge in [-0.25, -0.2) is 9.18 Å². The Hall–Kier alpha value is -4.49. The molecule has 0 radical (unpaired) electrons. The predicted molar refractivity (Wildman–Crippen MR) is 142 cm³/mol. The summed E-state index contributed by atoms with van der Waals surface area (Å²) in [4.78, 5) is 52.1. The van der Waals surface area contributed by atoms with Crippen LogP contribution in [0, 0.1) is 5.82 Å². The van der Waals surface area contributed by atoms with Gasteiger partial charge >= 0.3 is 6.09 Å². The van der Waals surface area contributed by atoms with Crippen LogP contribution in [0.3, 0.4) is 0 Å². The lowest BCUT2D eigenvalue weighted by atomic mass is 10.1. The average molecular weight is 573 g/mol. The molecule has 4 amide bonds. The number of H-pyrrole nitrogens is 1. The smallest absolute Gasteiger partial charge is 0.410 e. The van der Waals surface area contributed by atoms with E-state index in [2.05, 4.69) is 26.1 Å². The summed E-state index contributed by atoms with van der Waals surface area (Å²) in [5.74, 6) is -2.09. The van der Waals surface area contributed by atoms with E-state index < -0.39 is 29.8 Å². The van der Waals surface area contributed by atoms with E-state index in [1.807, 2.05) is 0 Å². The molecule has 0 saturated carbocycles. The number of benzene rings is 2. The predicted octanol–water partition coefficient (Wildman–Crippen LogP) is 2.57. The van der Waals surface area contributed by atoms with E-state index in [-0.39, 0.29) is 45.7 Å². The molecule has 14 heteroatoms. The maximum absolute atomic E-state index is 14.4. The Morgan fingerprint density at radius 1 is 1.15 bits per heavy atom. The molecule has 0 spiro atoms. The van der Waals surface area contributed by atoms with Crippen LogP contribution in [0.15, 0.2) is 48.5 Å². The van der Waals surface area contributed by atoms with Crippen molar-refractivity contribution in [3.8, 4) is 17.0 Å². The highest BCUT2D eigenvalue weighted by atomic mass is 35.5. The second-order valence-corrected chi connectivity index (χ2v) is 9.05. The molecule has 4 rings (SSSR count). The number of aromatic nitrogens is 2. The zero-order valence-corrected chi connectivity index (χ0v) is 22.1. The number of nitrogens with one attached hydrogen (secondary N) is 4. The highest BCUT2D eigenvalue weighted by Crippen LogP contribution is 2.27. The summed E-state index contributed by atoms with van der Waals surface area (Å²) in [6.45, 7) is 1.47. The zero-order valence-electron chi connectivity index (χ0n) is 21.3. The van der Waals surface area contributed by atoms with E-state index in [1.54, 1.807) is 11.0 Å². The number of ether oxygens (including phenoxy) is 2. The van der Waals surface area contributed by atoms with Crippen LogP contribution in [-0.4, -0.2) is 78.3 Å². The number of carbonyl (C=O) groups is 4. The fourth-order valence-corrected chi connectivity index (χ4v) is 4.02. The number of morpholine rings is 1. The van der Waals surface area contributed by atoms with Gasteiger partial charge in [-0.2, -0.15) is 5.10 Å². The van der Waals surface area contributed by atoms with Crippen molar-refractivity contribution in [2.45, 2.75) is 12.5 Å². The van der Waals surface area contributed by atoms with Crippen LogP contribution in [0.2, 0.25) is 5.02 Å². The molecule has 0 bridgehead atoms. The third kappa shape index (κ3) is 7.12. The van der Waals surface area contributed by atoms with Crippen molar-refractivity contribution in [2.75, 3.05) is 38.7 Å². The minimum atomic E-state index is -1.27. The lowest BCUT2D eigenvalue weighted by Gasteiger charge is -2.28. The molecule has 3 aromatic rings. The van der Waals surface area contributed by atoms with Gasteiger partial charge in [-0.15, -0.1) is 0 Å². The average Bonchev–Trinajstić information content (AvgIpc) is 3.42. The molecule has 1 atom stereocenters. The lowest BCUT2D eigenvalue weighted by molar-refractivity contribution is -0.137. The number of carbonyl (C=O) groups excluding carboxylic acids is 4. The molecule has 1 saturated heterocycles. The van der Waals surface area contributed by atoms with Gasteiger partial charge in [-0.05, 0) is 36.4 Å². The second kappa shape index (κ2) is 13.0. The third-order valence-corrected chi connectivity index (χ3v) is 6.26. The van der Waals surface area contributed by atoms with Crippen LogP contribution in [-0.2, 0) is 14.3 Å². The summed E-state index contributed by atoms with van der Waals surface area (Å²) in [6, 6.07) is 10.2. The van der Waals surface area contributed by atoms with Crippen LogP contribution in [0.5, 0.6) is 5.75 Å². The van der Waals surface area contributed by atoms with Gasteiger partial charge in [0, 0.05) is 37.3 Å². The van der Waals surface area contributed by atoms with Gasteiger partial charge in [0.15, 0.2) is 11.6 Å². The van der Waals surface area contributed by atoms with Crippen molar-refractivity contribution in [2.24, 2.45) is 0 Å². The van der Waals surface area contributed by atoms with Crippen LogP contribution < -0.4 is 20.7 Å². The molecular weight excluding hydrogens is 547 g/mol. The maximum atomic E-state index is 14.4. The minimum absolute atomic E-state index is 0.0492. The molecule has 1 aliphatic heterocycles. The molecule has 2 heterocycles. The van der Waals surface area contributed by atoms with E-state index in [9.17, 15) is 23.6 Å². The van der Waals surface area contributed by atoms with Crippen LogP contribution in [0.25, 0.3) is 11.3 Å². The van der Waals surface area contributed by atoms with Crippen molar-refractivity contribution in [3.63, 3.8) is 0 Å². The third-order valence-electron chi connectivity index (χ3n) is 5.97. The largest absolute Gasteiger partial charge is 0.412 e. The Balaban J connectivity index is 1.49. The first kappa shape index (κ1) is 28.5. The normalized spacial score (nSPS) is 13.7. The fourth-order valence-electron chi connectivity index (χ4n) is 3.85. The minimum Gasteiger partial charge on any atom is -0.410 e. The Bertz CT molecular complexity index is 1390. The van der Waals surface area contributed by atoms with Crippen molar-refractivity contribution in [3.05, 3.63) is 64.9 Å². The summed E-state index contributed by atoms with van der Waals surface area (Å²) in [5, 5.41) is 14.0. The molecule has 2 aromatic carbocycles. The summed E-state index contributed by atoms with van der Waals surface area (Å²) < 4.78 is 24.7. The number of amides is 4. The molecular formula is C26H26ClFN6O6. The van der Waals surface area contributed by atoms with Crippen LogP contribution >= 0.6 is 11.6 Å². The maximum Gasteiger partial charge on any atom is 0.412 e. The summed E-state index contributed by atoms with van der Waals surface area (Å²) in [6.07, 6.45) is -0.995. The Kier molecular flexibility index (Phi) is 9.30. The quantitative estimate of drug-likeness (QED) is 0.323. The zero-order chi connectivity index (χ0) is 28.6. The highest BCUT2D eigenvalue weighted by Gasteiger charge is 2.28. The molecule has 1 fully saturated rings. The van der Waals surface area contributed by atoms with E-state index in [0.717, 1.165) is 0 Å². The highest BCUT2D eigenvalue weighted by molar-refractivity contribution is 6.31. The number of anilines is 1. The molecule has 1 aliphatic rings. The van der Waals surface area contributed by atoms with Crippen LogP contribution in [0.4, 0.5) is 15.0 Å². The molecule has 1 aromatic heterocycles. The van der Waals surface area contributed by atoms with Gasteiger partial charge in [0.1, 0.15) is 11.8 Å². The topological polar surface area (TPSA) is 155 Å². The van der Waals surface area contributed by atoms with Crippen molar-refractivity contribution in [1.29, 1.82) is 0 Å². The van der Waals surface area contributed by atoms with E-state index in [1.165, 1.54) is 49.5 Å². The number of hydrogen-bond donors (Lipinski definition) is 4. The Morgan fingerprint density at radius 3 is 2.58 bits per heavy atom. The molecule has 0 unspecified atom stereocenters. The molecule has 40 heavy (non-hydrogen) atoms. The fraction of sp³-hybridized carbons (Fsp3) is 0.269. The van der Waals surface area contributed by atoms with Crippen LogP contribution in [0.1, 0.15) is 16.8 Å². The van der Waals surface area contributed by atoms with Gasteiger partial charge < -0.3 is 30.3 Å². The lowest BCUT2D eigenvalue weighted by Crippen LogP contribution is -2.49. The number of halogens is 2. The summed E-state index contributed by atoms with van der Waals surface area (Å²) >= 11 is 5.86. The second-order valence-electron chi connectivity index (χ2n) is 8.64. The van der Waals surface area contributed by atoms with E-state index >= 15 is 0 Å². The SMILES string of the molecule is CNC(=O)Oc1ccc(C(=O)N[C@@H](CC(=O)N2CCOCC2)C(=O)Nc2cc(-c3cccc(Cl)c3F)[nH]n2)cc1. The summed E-state index contributed by atoms with van der Waals surface area (Å²) in [7, 11) is 1.41. The first-order chi connectivity index (χ1) is 19.2. The summed E-state index contributed by atoms with van der Waals surface area (Å²) in [5.41, 5.74) is 0.579. The molecule has 0 aliphatic carbocycles. The first-order valence-electron chi connectivity index (χ1n) is 12.2. The van der Waals surface area contributed by atoms with E-state index in [0.29, 0.717) is 26.3 Å². The van der Waals surface area contributed by atoms with Gasteiger partial charge in [0.25, 0.3) is 5.91 Å². The van der Waals surface area contributed by atoms with Gasteiger partial charge in [-0.1, -0.05) is 17.7 Å². The first-order valence-corrected chi connectivity index (χ1v) is 12.6. The van der Waals surface area contributed by atoms with Crippen molar-refractivity contribution < 1.29 is 33.0 Å². The van der Waals surface area contributed by atoms with Gasteiger partial charge in [0.2, 0.25) is 11.8 Å². The van der Waals surface area contributed by atoms with Gasteiger partial charge in [0.05, 0.1) is 30.4 Å². The number of aromatic amines is 1. The van der Waals surface area contributed by atoms with E-state index in [4.69, 9.17) is 21.1 Å². The molecule has 12 nitrogen and oxygen atoms in total. The molecule has 4 N–H and O–H groups in total.